The fourth-order valence-corrected chi connectivity index (χ4v) is 3.99. The lowest BCUT2D eigenvalue weighted by molar-refractivity contribution is -0.129. The maximum atomic E-state index is 12.5. The van der Waals surface area contributed by atoms with Gasteiger partial charge in [-0.3, -0.25) is 14.4 Å². The Morgan fingerprint density at radius 3 is 2.52 bits per heavy atom. The molecule has 0 spiro atoms. The highest BCUT2D eigenvalue weighted by atomic mass is 32.1. The fourth-order valence-electron chi connectivity index (χ4n) is 3.23. The van der Waals surface area contributed by atoms with E-state index in [1.807, 2.05) is 39.0 Å². The molecule has 0 aliphatic heterocycles. The van der Waals surface area contributed by atoms with Gasteiger partial charge in [-0.1, -0.05) is 19.9 Å². The second-order valence-electron chi connectivity index (χ2n) is 8.11. The molecular formula is C24H28N4O4S. The highest BCUT2D eigenvalue weighted by molar-refractivity contribution is 7.14. The molecule has 0 aliphatic carbocycles. The minimum Gasteiger partial charge on any atom is -0.441 e. The van der Waals surface area contributed by atoms with Gasteiger partial charge in [0.05, 0.1) is 11.4 Å². The van der Waals surface area contributed by atoms with Crippen LogP contribution >= 0.6 is 11.3 Å². The van der Waals surface area contributed by atoms with Crippen LogP contribution in [0, 0.1) is 19.8 Å². The zero-order valence-electron chi connectivity index (χ0n) is 19.3. The van der Waals surface area contributed by atoms with E-state index in [1.54, 1.807) is 25.1 Å². The summed E-state index contributed by atoms with van der Waals surface area (Å²) in [6.07, 6.45) is 0. The topological polar surface area (TPSA) is 113 Å². The van der Waals surface area contributed by atoms with Crippen molar-refractivity contribution in [2.45, 2.75) is 47.2 Å². The summed E-state index contributed by atoms with van der Waals surface area (Å²) in [5.41, 5.74) is 1.92. The average molecular weight is 469 g/mol. The molecule has 174 valence electrons. The highest BCUT2D eigenvalue weighted by Crippen LogP contribution is 2.25. The monoisotopic (exact) mass is 468 g/mol. The zero-order chi connectivity index (χ0) is 24.1. The van der Waals surface area contributed by atoms with Crippen molar-refractivity contribution < 1.29 is 18.8 Å². The van der Waals surface area contributed by atoms with Gasteiger partial charge >= 0.3 is 0 Å². The minimum atomic E-state index is -0.624. The van der Waals surface area contributed by atoms with Crippen LogP contribution in [0.25, 0.3) is 11.5 Å². The Balaban J connectivity index is 1.69. The van der Waals surface area contributed by atoms with Crippen LogP contribution in [0.4, 0.5) is 5.69 Å². The number of rotatable bonds is 8. The van der Waals surface area contributed by atoms with E-state index in [-0.39, 0.29) is 30.2 Å². The SMILES string of the molecule is CC(=O)NC(C(=O)NCc1nc(-c2cccc(NC(=O)c3ccc(C)s3)c2)oc1C)C(C)C. The number of carbonyl (C=O) groups excluding carboxylic acids is 3. The van der Waals surface area contributed by atoms with Gasteiger partial charge in [-0.25, -0.2) is 4.98 Å². The molecule has 0 saturated heterocycles. The van der Waals surface area contributed by atoms with Crippen molar-refractivity contribution in [2.24, 2.45) is 5.92 Å². The lowest BCUT2D eigenvalue weighted by Crippen LogP contribution is -2.48. The van der Waals surface area contributed by atoms with Gasteiger partial charge in [0.15, 0.2) is 0 Å². The summed E-state index contributed by atoms with van der Waals surface area (Å²) in [7, 11) is 0. The van der Waals surface area contributed by atoms with E-state index in [9.17, 15) is 14.4 Å². The third-order valence-electron chi connectivity index (χ3n) is 4.96. The number of thiophene rings is 1. The van der Waals surface area contributed by atoms with Crippen molar-refractivity contribution in [3.05, 3.63) is 57.6 Å². The molecule has 3 N–H and O–H groups in total. The standard InChI is InChI=1S/C24H28N4O4S/c1-13(2)21(26-16(5)29)23(31)25-12-19-15(4)32-24(28-19)17-7-6-8-18(11-17)27-22(30)20-10-9-14(3)33-20/h6-11,13,21H,12H2,1-5H3,(H,25,31)(H,26,29)(H,27,30). The first-order valence-corrected chi connectivity index (χ1v) is 11.4. The van der Waals surface area contributed by atoms with Crippen LogP contribution in [-0.2, 0) is 16.1 Å². The number of aryl methyl sites for hydroxylation is 2. The van der Waals surface area contributed by atoms with Crippen molar-refractivity contribution in [2.75, 3.05) is 5.32 Å². The lowest BCUT2D eigenvalue weighted by Gasteiger charge is -2.20. The first-order valence-electron chi connectivity index (χ1n) is 10.6. The Bertz CT molecular complexity index is 1160. The van der Waals surface area contributed by atoms with Crippen LogP contribution in [0.1, 0.15) is 46.8 Å². The summed E-state index contributed by atoms with van der Waals surface area (Å²) >= 11 is 1.43. The largest absolute Gasteiger partial charge is 0.441 e. The Morgan fingerprint density at radius 1 is 1.12 bits per heavy atom. The number of nitrogens with one attached hydrogen (secondary N) is 3. The molecule has 1 aromatic carbocycles. The molecule has 3 aromatic rings. The molecule has 0 fully saturated rings. The number of amides is 3. The second-order valence-corrected chi connectivity index (χ2v) is 9.40. The van der Waals surface area contributed by atoms with Crippen LogP contribution in [0.15, 0.2) is 40.8 Å². The molecule has 0 radical (unpaired) electrons. The summed E-state index contributed by atoms with van der Waals surface area (Å²) in [4.78, 5) is 42.6. The summed E-state index contributed by atoms with van der Waals surface area (Å²) < 4.78 is 5.81. The Hall–Kier alpha value is -3.46. The van der Waals surface area contributed by atoms with Gasteiger partial charge in [-0.2, -0.15) is 0 Å². The van der Waals surface area contributed by atoms with E-state index in [2.05, 4.69) is 20.9 Å². The molecule has 3 amide bonds. The van der Waals surface area contributed by atoms with Crippen LogP contribution in [0.5, 0.6) is 0 Å². The quantitative estimate of drug-likeness (QED) is 0.462. The van der Waals surface area contributed by atoms with Gasteiger partial charge in [0.25, 0.3) is 5.91 Å². The number of hydrogen-bond acceptors (Lipinski definition) is 6. The van der Waals surface area contributed by atoms with Gasteiger partial charge in [0, 0.05) is 23.1 Å². The molecule has 0 aliphatic rings. The first kappa shape index (κ1) is 24.2. The predicted octanol–water partition coefficient (Wildman–Crippen LogP) is 4.05. The Morgan fingerprint density at radius 2 is 1.88 bits per heavy atom. The van der Waals surface area contributed by atoms with Gasteiger partial charge in [0.2, 0.25) is 17.7 Å². The lowest BCUT2D eigenvalue weighted by atomic mass is 10.0. The van der Waals surface area contributed by atoms with E-state index < -0.39 is 6.04 Å². The van der Waals surface area contributed by atoms with Crippen LogP contribution in [0.2, 0.25) is 0 Å². The molecule has 9 heteroatoms. The maximum Gasteiger partial charge on any atom is 0.265 e. The third-order valence-corrected chi connectivity index (χ3v) is 5.96. The van der Waals surface area contributed by atoms with Crippen molar-refractivity contribution >= 4 is 34.7 Å². The van der Waals surface area contributed by atoms with Gasteiger partial charge in [-0.15, -0.1) is 11.3 Å². The fraction of sp³-hybridized carbons (Fsp3) is 0.333. The second kappa shape index (κ2) is 10.4. The number of carbonyl (C=O) groups is 3. The minimum absolute atomic E-state index is 0.0566. The van der Waals surface area contributed by atoms with E-state index in [0.29, 0.717) is 33.5 Å². The summed E-state index contributed by atoms with van der Waals surface area (Å²) in [5.74, 6) is 0.203. The zero-order valence-corrected chi connectivity index (χ0v) is 20.1. The number of benzene rings is 1. The van der Waals surface area contributed by atoms with Crippen LogP contribution in [-0.4, -0.2) is 28.7 Å². The van der Waals surface area contributed by atoms with Crippen LogP contribution in [0.3, 0.4) is 0 Å². The van der Waals surface area contributed by atoms with E-state index in [4.69, 9.17) is 4.42 Å². The summed E-state index contributed by atoms with van der Waals surface area (Å²) in [6.45, 7) is 9.02. The highest BCUT2D eigenvalue weighted by Gasteiger charge is 2.23. The molecule has 1 atom stereocenters. The molecule has 0 bridgehead atoms. The molecule has 3 rings (SSSR count). The number of hydrogen-bond donors (Lipinski definition) is 3. The number of anilines is 1. The predicted molar refractivity (Wildman–Crippen MR) is 128 cm³/mol. The van der Waals surface area contributed by atoms with Crippen molar-refractivity contribution in [3.63, 3.8) is 0 Å². The third kappa shape index (κ3) is 6.29. The molecule has 2 heterocycles. The normalized spacial score (nSPS) is 11.8. The molecular weight excluding hydrogens is 440 g/mol. The number of aromatic nitrogens is 1. The Kier molecular flexibility index (Phi) is 7.65. The van der Waals surface area contributed by atoms with E-state index >= 15 is 0 Å². The van der Waals surface area contributed by atoms with E-state index in [1.165, 1.54) is 18.3 Å². The first-order chi connectivity index (χ1) is 15.6. The molecule has 2 aromatic heterocycles. The summed E-state index contributed by atoms with van der Waals surface area (Å²) in [5, 5.41) is 8.38. The van der Waals surface area contributed by atoms with Gasteiger partial charge in [-0.05, 0) is 50.1 Å². The maximum absolute atomic E-state index is 12.5. The van der Waals surface area contributed by atoms with Crippen molar-refractivity contribution in [1.29, 1.82) is 0 Å². The average Bonchev–Trinajstić information content (AvgIpc) is 3.35. The number of nitrogens with zero attached hydrogens (tertiary/aromatic N) is 1. The smallest absolute Gasteiger partial charge is 0.265 e. The summed E-state index contributed by atoms with van der Waals surface area (Å²) in [6, 6.07) is 10.3. The number of oxazole rings is 1. The van der Waals surface area contributed by atoms with Gasteiger partial charge < -0.3 is 20.4 Å². The van der Waals surface area contributed by atoms with Gasteiger partial charge in [0.1, 0.15) is 17.5 Å². The molecule has 8 nitrogen and oxygen atoms in total. The van der Waals surface area contributed by atoms with Crippen molar-refractivity contribution in [1.82, 2.24) is 15.6 Å². The van der Waals surface area contributed by atoms with Crippen LogP contribution < -0.4 is 16.0 Å². The van der Waals surface area contributed by atoms with E-state index in [0.717, 1.165) is 4.88 Å². The van der Waals surface area contributed by atoms with Crippen molar-refractivity contribution in [3.8, 4) is 11.5 Å². The molecule has 1 unspecified atom stereocenters. The molecule has 33 heavy (non-hydrogen) atoms. The Labute approximate surface area is 196 Å². The molecule has 0 saturated carbocycles.